The number of carbonyl (C=O) groups excluding carboxylic acids is 1. The topological polar surface area (TPSA) is 94.7 Å². The average Bonchev–Trinajstić information content (AvgIpc) is 3.42. The Morgan fingerprint density at radius 3 is 2.72 bits per heavy atom. The number of aromatic amines is 1. The number of rotatable bonds is 6. The van der Waals surface area contributed by atoms with Gasteiger partial charge in [0.05, 0.1) is 26.0 Å². The van der Waals surface area contributed by atoms with Crippen molar-refractivity contribution in [2.45, 2.75) is 13.0 Å². The first-order chi connectivity index (χ1) is 14.1. The number of methoxy groups -OCH3 is 2. The van der Waals surface area contributed by atoms with Crippen molar-refractivity contribution in [1.82, 2.24) is 15.5 Å². The number of aromatic nitrogens is 2. The number of H-pyrrole nitrogens is 1. The third-order valence-electron chi connectivity index (χ3n) is 4.74. The van der Waals surface area contributed by atoms with E-state index in [9.17, 15) is 4.79 Å². The van der Waals surface area contributed by atoms with E-state index in [0.29, 0.717) is 34.4 Å². The zero-order valence-electron chi connectivity index (χ0n) is 16.3. The van der Waals surface area contributed by atoms with Crippen LogP contribution in [0.15, 0.2) is 42.5 Å². The lowest BCUT2D eigenvalue weighted by atomic mass is 10.1. The van der Waals surface area contributed by atoms with E-state index in [2.05, 4.69) is 15.5 Å². The highest BCUT2D eigenvalue weighted by Gasteiger charge is 2.19. The Morgan fingerprint density at radius 1 is 1.10 bits per heavy atom. The van der Waals surface area contributed by atoms with Crippen LogP contribution in [0.1, 0.15) is 29.0 Å². The van der Waals surface area contributed by atoms with Gasteiger partial charge in [-0.3, -0.25) is 9.89 Å². The van der Waals surface area contributed by atoms with Crippen LogP contribution in [0.4, 0.5) is 0 Å². The molecular formula is C21H21N3O5. The summed E-state index contributed by atoms with van der Waals surface area (Å²) in [4.78, 5) is 12.7. The van der Waals surface area contributed by atoms with E-state index in [-0.39, 0.29) is 18.7 Å². The molecule has 1 aliphatic heterocycles. The van der Waals surface area contributed by atoms with E-state index in [4.69, 9.17) is 18.9 Å². The number of amides is 1. The Morgan fingerprint density at radius 2 is 1.93 bits per heavy atom. The highest BCUT2D eigenvalue weighted by Crippen LogP contribution is 2.35. The van der Waals surface area contributed by atoms with Crippen LogP contribution in [0.3, 0.4) is 0 Å². The molecule has 0 saturated heterocycles. The van der Waals surface area contributed by atoms with Gasteiger partial charge < -0.3 is 24.3 Å². The zero-order valence-corrected chi connectivity index (χ0v) is 16.3. The van der Waals surface area contributed by atoms with Crippen LogP contribution in [-0.4, -0.2) is 37.1 Å². The molecule has 1 aromatic heterocycles. The molecule has 2 heterocycles. The van der Waals surface area contributed by atoms with E-state index in [0.717, 1.165) is 11.1 Å². The van der Waals surface area contributed by atoms with Crippen LogP contribution in [0, 0.1) is 0 Å². The monoisotopic (exact) mass is 395 g/mol. The van der Waals surface area contributed by atoms with Crippen LogP contribution >= 0.6 is 0 Å². The fourth-order valence-corrected chi connectivity index (χ4v) is 3.17. The van der Waals surface area contributed by atoms with Gasteiger partial charge in [-0.1, -0.05) is 0 Å². The second kappa shape index (κ2) is 7.75. The highest BCUT2D eigenvalue weighted by molar-refractivity contribution is 5.93. The Labute approximate surface area is 167 Å². The number of nitrogens with zero attached hydrogens (tertiary/aromatic N) is 1. The van der Waals surface area contributed by atoms with Gasteiger partial charge in [0.1, 0.15) is 17.2 Å². The average molecular weight is 395 g/mol. The van der Waals surface area contributed by atoms with Crippen LogP contribution < -0.4 is 24.3 Å². The molecule has 8 heteroatoms. The molecule has 2 aromatic carbocycles. The van der Waals surface area contributed by atoms with E-state index < -0.39 is 0 Å². The van der Waals surface area contributed by atoms with Crippen LogP contribution in [-0.2, 0) is 0 Å². The Hall–Kier alpha value is -3.68. The first-order valence-corrected chi connectivity index (χ1v) is 9.07. The van der Waals surface area contributed by atoms with Crippen LogP contribution in [0.5, 0.6) is 23.0 Å². The number of benzene rings is 2. The van der Waals surface area contributed by atoms with Crippen LogP contribution in [0.25, 0.3) is 11.3 Å². The minimum absolute atomic E-state index is 0.207. The molecular weight excluding hydrogens is 374 g/mol. The number of fused-ring (bicyclic) bond motifs is 1. The third kappa shape index (κ3) is 3.69. The number of nitrogens with one attached hydrogen (secondary N) is 2. The molecule has 1 unspecified atom stereocenters. The number of hydrogen-bond donors (Lipinski definition) is 2. The molecule has 150 valence electrons. The normalized spacial score (nSPS) is 13.1. The molecule has 3 aromatic rings. The van der Waals surface area contributed by atoms with E-state index >= 15 is 0 Å². The van der Waals surface area contributed by atoms with Gasteiger partial charge in [-0.2, -0.15) is 5.10 Å². The van der Waals surface area contributed by atoms with Gasteiger partial charge in [-0.05, 0) is 49.4 Å². The molecule has 0 spiro atoms. The third-order valence-corrected chi connectivity index (χ3v) is 4.74. The fourth-order valence-electron chi connectivity index (χ4n) is 3.17. The first kappa shape index (κ1) is 18.7. The molecule has 8 nitrogen and oxygen atoms in total. The quantitative estimate of drug-likeness (QED) is 0.665. The summed E-state index contributed by atoms with van der Waals surface area (Å²) < 4.78 is 21.4. The summed E-state index contributed by atoms with van der Waals surface area (Å²) in [5.41, 5.74) is 2.63. The molecule has 1 amide bonds. The maximum absolute atomic E-state index is 12.7. The van der Waals surface area contributed by atoms with Gasteiger partial charge in [-0.25, -0.2) is 0 Å². The maximum Gasteiger partial charge on any atom is 0.269 e. The Bertz CT molecular complexity index is 1050. The summed E-state index contributed by atoms with van der Waals surface area (Å²) in [6.07, 6.45) is 0. The van der Waals surface area contributed by atoms with E-state index in [1.807, 2.05) is 43.3 Å². The summed E-state index contributed by atoms with van der Waals surface area (Å²) in [6.45, 7) is 2.09. The van der Waals surface area contributed by atoms with Crippen LogP contribution in [0.2, 0.25) is 0 Å². The summed E-state index contributed by atoms with van der Waals surface area (Å²) in [7, 11) is 3.18. The van der Waals surface area contributed by atoms with Crippen molar-refractivity contribution in [1.29, 1.82) is 0 Å². The maximum atomic E-state index is 12.7. The largest absolute Gasteiger partial charge is 0.497 e. The minimum atomic E-state index is -0.301. The molecule has 0 fully saturated rings. The molecule has 0 saturated carbocycles. The van der Waals surface area contributed by atoms with Crippen molar-refractivity contribution in [3.05, 3.63) is 53.7 Å². The molecule has 0 aliphatic carbocycles. The number of carbonyl (C=O) groups is 1. The number of hydrogen-bond acceptors (Lipinski definition) is 6. The lowest BCUT2D eigenvalue weighted by molar-refractivity contribution is 0.0934. The summed E-state index contributed by atoms with van der Waals surface area (Å²) in [5.74, 6) is 2.44. The van der Waals surface area contributed by atoms with Gasteiger partial charge >= 0.3 is 0 Å². The van der Waals surface area contributed by atoms with Crippen molar-refractivity contribution < 1.29 is 23.7 Å². The molecule has 1 aliphatic rings. The van der Waals surface area contributed by atoms with Crippen molar-refractivity contribution >= 4 is 5.91 Å². The molecule has 4 rings (SSSR count). The van der Waals surface area contributed by atoms with Gasteiger partial charge in [0.25, 0.3) is 5.91 Å². The summed E-state index contributed by atoms with van der Waals surface area (Å²) in [6, 6.07) is 12.4. The predicted molar refractivity (Wildman–Crippen MR) is 106 cm³/mol. The highest BCUT2D eigenvalue weighted by atomic mass is 16.7. The number of ether oxygens (including phenoxy) is 4. The summed E-state index contributed by atoms with van der Waals surface area (Å²) >= 11 is 0. The van der Waals surface area contributed by atoms with Crippen molar-refractivity contribution in [3.63, 3.8) is 0 Å². The minimum Gasteiger partial charge on any atom is -0.497 e. The summed E-state index contributed by atoms with van der Waals surface area (Å²) in [5, 5.41) is 9.99. The Balaban J connectivity index is 1.51. The standard InChI is InChI=1S/C21H21N3O5/c1-12(15-9-14(26-2)5-7-18(15)27-3)22-21(25)17-10-16(23-24-17)13-4-6-19-20(8-13)29-11-28-19/h4-10,12H,11H2,1-3H3,(H,22,25)(H,23,24). The van der Waals surface area contributed by atoms with E-state index in [1.54, 1.807) is 20.3 Å². The molecule has 29 heavy (non-hydrogen) atoms. The van der Waals surface area contributed by atoms with Gasteiger partial charge in [0.15, 0.2) is 11.5 Å². The zero-order chi connectivity index (χ0) is 20.4. The molecule has 1 atom stereocenters. The van der Waals surface area contributed by atoms with Gasteiger partial charge in [-0.15, -0.1) is 0 Å². The van der Waals surface area contributed by atoms with E-state index in [1.165, 1.54) is 0 Å². The smallest absolute Gasteiger partial charge is 0.269 e. The van der Waals surface area contributed by atoms with Gasteiger partial charge in [0.2, 0.25) is 6.79 Å². The Kier molecular flexibility index (Phi) is 4.99. The SMILES string of the molecule is COc1ccc(OC)c(C(C)NC(=O)c2cc(-c3ccc4c(c3)OCO4)n[nH]2)c1. The second-order valence-corrected chi connectivity index (χ2v) is 6.54. The van der Waals surface area contributed by atoms with Crippen molar-refractivity contribution in [2.75, 3.05) is 21.0 Å². The van der Waals surface area contributed by atoms with Crippen molar-refractivity contribution in [3.8, 4) is 34.3 Å². The fraction of sp³-hybridized carbons (Fsp3) is 0.238. The lowest BCUT2D eigenvalue weighted by Crippen LogP contribution is -2.27. The van der Waals surface area contributed by atoms with Gasteiger partial charge in [0, 0.05) is 11.1 Å². The second-order valence-electron chi connectivity index (χ2n) is 6.54. The molecule has 2 N–H and O–H groups in total. The predicted octanol–water partition coefficient (Wildman–Crippen LogP) is 3.31. The molecule has 0 radical (unpaired) electrons. The van der Waals surface area contributed by atoms with Crippen molar-refractivity contribution in [2.24, 2.45) is 0 Å². The first-order valence-electron chi connectivity index (χ1n) is 9.07. The molecule has 0 bridgehead atoms. The lowest BCUT2D eigenvalue weighted by Gasteiger charge is -2.17.